The van der Waals surface area contributed by atoms with Crippen LogP contribution in [0.15, 0.2) is 176 Å². The van der Waals surface area contributed by atoms with E-state index in [2.05, 4.69) is 213 Å². The third-order valence-electron chi connectivity index (χ3n) is 13.3. The molecule has 0 aliphatic heterocycles. The fourth-order valence-electron chi connectivity index (χ4n) is 10.4. The fraction of sp³-hybridized carbons (Fsp3) is 0.0847. The number of aromatic amines is 1. The van der Waals surface area contributed by atoms with Crippen LogP contribution in [-0.2, 0) is 0 Å². The number of pyridine rings is 1. The third kappa shape index (κ3) is 5.85. The summed E-state index contributed by atoms with van der Waals surface area (Å²) in [5.41, 5.74) is 21.8. The zero-order chi connectivity index (χ0) is 43.2. The number of benzene rings is 8. The zero-order valence-corrected chi connectivity index (χ0v) is 36.5. The number of fused-ring (bicyclic) bond motifs is 7. The lowest BCUT2D eigenvalue weighted by molar-refractivity contribution is 1.08. The van der Waals surface area contributed by atoms with Crippen molar-refractivity contribution < 1.29 is 0 Å². The first-order valence-electron chi connectivity index (χ1n) is 22.1. The highest BCUT2D eigenvalue weighted by molar-refractivity contribution is 6.18. The molecule has 306 valence electrons. The van der Waals surface area contributed by atoms with E-state index in [9.17, 15) is 0 Å². The van der Waals surface area contributed by atoms with Crippen molar-refractivity contribution in [2.75, 3.05) is 0 Å². The Hall–Kier alpha value is -8.02. The molecule has 0 radical (unpaired) electrons. The molecule has 4 heterocycles. The lowest BCUT2D eigenvalue weighted by Crippen LogP contribution is -1.98. The topological polar surface area (TPSA) is 51.4 Å². The van der Waals surface area contributed by atoms with Gasteiger partial charge in [-0.3, -0.25) is 9.13 Å². The number of hydrogen-bond donors (Lipinski definition) is 1. The summed E-state index contributed by atoms with van der Waals surface area (Å²) in [6.07, 6.45) is 1.89. The largest absolute Gasteiger partial charge is 0.354 e. The van der Waals surface area contributed by atoms with E-state index in [1.54, 1.807) is 0 Å². The molecule has 64 heavy (non-hydrogen) atoms. The first-order chi connectivity index (χ1) is 31.3. The van der Waals surface area contributed by atoms with Crippen LogP contribution in [0.5, 0.6) is 0 Å². The van der Waals surface area contributed by atoms with Gasteiger partial charge in [0.2, 0.25) is 0 Å². The Morgan fingerprint density at radius 2 is 1.16 bits per heavy atom. The van der Waals surface area contributed by atoms with Crippen molar-refractivity contribution in [3.63, 3.8) is 0 Å². The first-order valence-corrected chi connectivity index (χ1v) is 22.1. The molecule has 0 atom stereocenters. The highest BCUT2D eigenvalue weighted by Crippen LogP contribution is 2.46. The number of para-hydroxylation sites is 3. The van der Waals surface area contributed by atoms with Gasteiger partial charge in [-0.1, -0.05) is 109 Å². The average molecular weight is 824 g/mol. The van der Waals surface area contributed by atoms with Crippen LogP contribution in [0, 0.1) is 34.6 Å². The van der Waals surface area contributed by atoms with Gasteiger partial charge in [0.1, 0.15) is 11.6 Å². The van der Waals surface area contributed by atoms with Crippen molar-refractivity contribution in [1.82, 2.24) is 24.1 Å². The maximum atomic E-state index is 5.74. The van der Waals surface area contributed by atoms with Gasteiger partial charge >= 0.3 is 0 Å². The summed E-state index contributed by atoms with van der Waals surface area (Å²) in [4.78, 5) is 14.5. The van der Waals surface area contributed by atoms with E-state index in [0.29, 0.717) is 0 Å². The molecule has 0 aliphatic rings. The summed E-state index contributed by atoms with van der Waals surface area (Å²) in [6, 6.07) is 61.6. The van der Waals surface area contributed by atoms with Crippen molar-refractivity contribution in [2.24, 2.45) is 0 Å². The predicted molar refractivity (Wildman–Crippen MR) is 268 cm³/mol. The molecule has 5 heteroatoms. The van der Waals surface area contributed by atoms with Gasteiger partial charge < -0.3 is 4.98 Å². The highest BCUT2D eigenvalue weighted by Gasteiger charge is 2.25. The second-order valence-electron chi connectivity index (χ2n) is 17.4. The molecule has 1 N–H and O–H groups in total. The van der Waals surface area contributed by atoms with Crippen molar-refractivity contribution in [3.8, 4) is 56.3 Å². The Kier molecular flexibility index (Phi) is 8.57. The number of aromatic nitrogens is 5. The van der Waals surface area contributed by atoms with Crippen molar-refractivity contribution in [3.05, 3.63) is 204 Å². The van der Waals surface area contributed by atoms with E-state index >= 15 is 0 Å². The first kappa shape index (κ1) is 37.7. The molecule has 12 aromatic rings. The molecule has 5 nitrogen and oxygen atoms in total. The maximum Gasteiger partial charge on any atom is 0.147 e. The molecule has 0 aliphatic carbocycles. The second kappa shape index (κ2) is 14.5. The zero-order valence-electron chi connectivity index (χ0n) is 36.5. The van der Waals surface area contributed by atoms with Crippen LogP contribution in [0.3, 0.4) is 0 Å². The van der Waals surface area contributed by atoms with Crippen LogP contribution in [-0.4, -0.2) is 24.1 Å². The van der Waals surface area contributed by atoms with Crippen LogP contribution in [0.4, 0.5) is 0 Å². The summed E-state index contributed by atoms with van der Waals surface area (Å²) in [5, 5.41) is 4.83. The minimum Gasteiger partial charge on any atom is -0.354 e. The lowest BCUT2D eigenvalue weighted by Gasteiger charge is -2.16. The minimum absolute atomic E-state index is 0.882. The van der Waals surface area contributed by atoms with Crippen molar-refractivity contribution >= 4 is 54.6 Å². The normalized spacial score (nSPS) is 11.8. The molecule has 4 aromatic heterocycles. The summed E-state index contributed by atoms with van der Waals surface area (Å²) >= 11 is 0. The van der Waals surface area contributed by atoms with Crippen LogP contribution >= 0.6 is 0 Å². The molecule has 0 fully saturated rings. The summed E-state index contributed by atoms with van der Waals surface area (Å²) in [7, 11) is 0. The number of rotatable bonds is 6. The maximum absolute atomic E-state index is 5.74. The molecular weight excluding hydrogens is 779 g/mol. The van der Waals surface area contributed by atoms with E-state index in [4.69, 9.17) is 9.97 Å². The van der Waals surface area contributed by atoms with Gasteiger partial charge in [0.25, 0.3) is 0 Å². The van der Waals surface area contributed by atoms with E-state index in [1.165, 1.54) is 71.6 Å². The minimum atomic E-state index is 0.882. The fourth-order valence-corrected chi connectivity index (χ4v) is 10.4. The quantitative estimate of drug-likeness (QED) is 0.182. The monoisotopic (exact) mass is 823 g/mol. The molecule has 0 bridgehead atoms. The van der Waals surface area contributed by atoms with E-state index in [-0.39, 0.29) is 0 Å². The van der Waals surface area contributed by atoms with Crippen LogP contribution < -0.4 is 0 Å². The Bertz CT molecular complexity index is 3790. The van der Waals surface area contributed by atoms with Crippen LogP contribution in [0.25, 0.3) is 111 Å². The van der Waals surface area contributed by atoms with Crippen molar-refractivity contribution in [2.45, 2.75) is 34.6 Å². The Morgan fingerprint density at radius 1 is 0.453 bits per heavy atom. The molecule has 0 saturated heterocycles. The molecular formula is C59H45N5. The second-order valence-corrected chi connectivity index (χ2v) is 17.4. The molecule has 0 spiro atoms. The van der Waals surface area contributed by atoms with E-state index < -0.39 is 0 Å². The van der Waals surface area contributed by atoms with Gasteiger partial charge in [0.05, 0.1) is 27.6 Å². The van der Waals surface area contributed by atoms with Gasteiger partial charge in [0.15, 0.2) is 0 Å². The van der Waals surface area contributed by atoms with Gasteiger partial charge in [-0.15, -0.1) is 0 Å². The SMILES string of the molecule is Cc1cc(C)c(-c2cc(-c3cccc4c3nc(-c3cccc5c3[nH]c3ccccc35)n4-c3ccc(-c4ccccc4)cc3)cc3c2c2cc(C)c(C)cc2n3-c2ccccn2)c(C)c1. The standard InChI is InChI=1S/C59H45N5/c1-35-29-38(4)55(39(5)30-35)49-33-42(34-53-56(49)48-31-36(2)37(3)32-52(48)64(53)54-23-11-12-28-60-54)44-18-14-22-51-58(44)62-59(47-20-13-19-46-45-17-9-10-21-50(45)61-57(46)47)63(51)43-26-24-41(25-27-43)40-15-7-6-8-16-40/h6-34,61H,1-5H3. The number of imidazole rings is 1. The van der Waals surface area contributed by atoms with Crippen LogP contribution in [0.2, 0.25) is 0 Å². The molecule has 12 rings (SSSR count). The number of H-pyrrole nitrogens is 1. The van der Waals surface area contributed by atoms with E-state index in [1.807, 2.05) is 12.3 Å². The summed E-state index contributed by atoms with van der Waals surface area (Å²) < 4.78 is 4.70. The van der Waals surface area contributed by atoms with Crippen LogP contribution in [0.1, 0.15) is 27.8 Å². The van der Waals surface area contributed by atoms with Crippen molar-refractivity contribution in [1.29, 1.82) is 0 Å². The smallest absolute Gasteiger partial charge is 0.147 e. The number of nitrogens with one attached hydrogen (secondary N) is 1. The Balaban J connectivity index is 1.18. The predicted octanol–water partition coefficient (Wildman–Crippen LogP) is 15.4. The van der Waals surface area contributed by atoms with E-state index in [0.717, 1.165) is 67.1 Å². The molecule has 0 unspecified atom stereocenters. The Morgan fingerprint density at radius 3 is 1.95 bits per heavy atom. The number of aryl methyl sites for hydroxylation is 5. The van der Waals surface area contributed by atoms with Gasteiger partial charge in [-0.05, 0) is 151 Å². The summed E-state index contributed by atoms with van der Waals surface area (Å²) in [5.74, 6) is 1.77. The number of hydrogen-bond acceptors (Lipinski definition) is 2. The van der Waals surface area contributed by atoms with Gasteiger partial charge in [0, 0.05) is 50.1 Å². The Labute approximate surface area is 371 Å². The third-order valence-corrected chi connectivity index (χ3v) is 13.3. The highest BCUT2D eigenvalue weighted by atomic mass is 15.1. The van der Waals surface area contributed by atoms with Gasteiger partial charge in [-0.25, -0.2) is 9.97 Å². The molecule has 0 amide bonds. The lowest BCUT2D eigenvalue weighted by atomic mass is 9.88. The summed E-state index contributed by atoms with van der Waals surface area (Å²) in [6.45, 7) is 11.1. The molecule has 0 saturated carbocycles. The average Bonchev–Trinajstić information content (AvgIpc) is 3.99. The molecule has 8 aromatic carbocycles. The number of nitrogens with zero attached hydrogens (tertiary/aromatic N) is 4. The van der Waals surface area contributed by atoms with Gasteiger partial charge in [-0.2, -0.15) is 0 Å².